The standard InChI is InChI=1S/C18H27NO/c1-14-9-10-16(15(2)13-14)17(20)18(3,4)19-11-7-5-6-8-12-19/h9-10,13H,5-8,11-12H2,1-4H3. The molecular formula is C18H27NO. The Bertz CT molecular complexity index is 482. The van der Waals surface area contributed by atoms with Gasteiger partial charge in [-0.05, 0) is 59.2 Å². The molecule has 0 N–H and O–H groups in total. The summed E-state index contributed by atoms with van der Waals surface area (Å²) in [6, 6.07) is 6.14. The Morgan fingerprint density at radius 2 is 1.65 bits per heavy atom. The van der Waals surface area contributed by atoms with Gasteiger partial charge in [0, 0.05) is 5.56 Å². The largest absolute Gasteiger partial charge is 0.292 e. The first-order valence-electron chi connectivity index (χ1n) is 7.80. The van der Waals surface area contributed by atoms with E-state index in [1.165, 1.54) is 31.2 Å². The summed E-state index contributed by atoms with van der Waals surface area (Å²) in [7, 11) is 0. The Morgan fingerprint density at radius 1 is 1.05 bits per heavy atom. The van der Waals surface area contributed by atoms with Crippen molar-refractivity contribution in [3.05, 3.63) is 34.9 Å². The van der Waals surface area contributed by atoms with Crippen LogP contribution in [0, 0.1) is 13.8 Å². The van der Waals surface area contributed by atoms with E-state index in [0.717, 1.165) is 24.2 Å². The van der Waals surface area contributed by atoms with Crippen LogP contribution < -0.4 is 0 Å². The minimum Gasteiger partial charge on any atom is -0.292 e. The van der Waals surface area contributed by atoms with Crippen molar-refractivity contribution in [3.63, 3.8) is 0 Å². The van der Waals surface area contributed by atoms with Gasteiger partial charge in [-0.25, -0.2) is 0 Å². The summed E-state index contributed by atoms with van der Waals surface area (Å²) >= 11 is 0. The summed E-state index contributed by atoms with van der Waals surface area (Å²) in [4.78, 5) is 15.3. The van der Waals surface area contributed by atoms with Crippen LogP contribution in [0.2, 0.25) is 0 Å². The highest BCUT2D eigenvalue weighted by molar-refractivity contribution is 6.03. The maximum Gasteiger partial charge on any atom is 0.182 e. The molecule has 2 rings (SSSR count). The molecular weight excluding hydrogens is 246 g/mol. The monoisotopic (exact) mass is 273 g/mol. The Morgan fingerprint density at radius 3 is 2.20 bits per heavy atom. The molecule has 0 bridgehead atoms. The third-order valence-corrected chi connectivity index (χ3v) is 4.58. The van der Waals surface area contributed by atoms with E-state index in [4.69, 9.17) is 0 Å². The lowest BCUT2D eigenvalue weighted by Gasteiger charge is -2.37. The number of carbonyl (C=O) groups excluding carboxylic acids is 1. The summed E-state index contributed by atoms with van der Waals surface area (Å²) in [6.45, 7) is 10.4. The molecule has 1 heterocycles. The first kappa shape index (κ1) is 15.2. The highest BCUT2D eigenvalue weighted by atomic mass is 16.1. The molecule has 0 amide bonds. The van der Waals surface area contributed by atoms with E-state index in [0.29, 0.717) is 0 Å². The van der Waals surface area contributed by atoms with Crippen LogP contribution >= 0.6 is 0 Å². The first-order chi connectivity index (χ1) is 9.43. The number of hydrogen-bond donors (Lipinski definition) is 0. The zero-order valence-corrected chi connectivity index (χ0v) is 13.3. The maximum atomic E-state index is 13.0. The van der Waals surface area contributed by atoms with Crippen LogP contribution in [-0.2, 0) is 0 Å². The lowest BCUT2D eigenvalue weighted by Crippen LogP contribution is -2.50. The average molecular weight is 273 g/mol. The van der Waals surface area contributed by atoms with Gasteiger partial charge in [-0.3, -0.25) is 9.69 Å². The smallest absolute Gasteiger partial charge is 0.182 e. The number of ketones is 1. The molecule has 2 nitrogen and oxygen atoms in total. The van der Waals surface area contributed by atoms with Crippen LogP contribution in [0.25, 0.3) is 0 Å². The van der Waals surface area contributed by atoms with E-state index in [1.54, 1.807) is 0 Å². The third-order valence-electron chi connectivity index (χ3n) is 4.58. The predicted molar refractivity (Wildman–Crippen MR) is 84.4 cm³/mol. The molecule has 2 heteroatoms. The molecule has 0 saturated carbocycles. The lowest BCUT2D eigenvalue weighted by molar-refractivity contribution is 0.0649. The fourth-order valence-electron chi connectivity index (χ4n) is 3.17. The van der Waals surface area contributed by atoms with Crippen LogP contribution in [0.1, 0.15) is 61.0 Å². The molecule has 1 aliphatic rings. The van der Waals surface area contributed by atoms with Crippen molar-refractivity contribution in [2.24, 2.45) is 0 Å². The van der Waals surface area contributed by atoms with Gasteiger partial charge in [0.05, 0.1) is 5.54 Å². The summed E-state index contributed by atoms with van der Waals surface area (Å²) in [5.74, 6) is 0.261. The summed E-state index contributed by atoms with van der Waals surface area (Å²) < 4.78 is 0. The number of benzene rings is 1. The van der Waals surface area contributed by atoms with Crippen molar-refractivity contribution in [2.45, 2.75) is 58.9 Å². The normalized spacial score (nSPS) is 17.8. The van der Waals surface area contributed by atoms with Crippen molar-refractivity contribution >= 4 is 5.78 Å². The number of aryl methyl sites for hydroxylation is 2. The summed E-state index contributed by atoms with van der Waals surface area (Å²) in [5, 5.41) is 0. The van der Waals surface area contributed by atoms with E-state index in [2.05, 4.69) is 31.7 Å². The average Bonchev–Trinajstić information content (AvgIpc) is 2.67. The summed E-state index contributed by atoms with van der Waals surface area (Å²) in [5.41, 5.74) is 2.79. The van der Waals surface area contributed by atoms with Gasteiger partial charge in [-0.1, -0.05) is 36.6 Å². The molecule has 1 aromatic carbocycles. The van der Waals surface area contributed by atoms with E-state index in [9.17, 15) is 4.79 Å². The first-order valence-corrected chi connectivity index (χ1v) is 7.80. The molecule has 0 spiro atoms. The highest BCUT2D eigenvalue weighted by Crippen LogP contribution is 2.26. The van der Waals surface area contributed by atoms with Gasteiger partial charge in [-0.2, -0.15) is 0 Å². The fourth-order valence-corrected chi connectivity index (χ4v) is 3.17. The zero-order chi connectivity index (χ0) is 14.8. The van der Waals surface area contributed by atoms with E-state index >= 15 is 0 Å². The third kappa shape index (κ3) is 3.12. The number of likely N-dealkylation sites (tertiary alicyclic amines) is 1. The summed E-state index contributed by atoms with van der Waals surface area (Å²) in [6.07, 6.45) is 5.02. The topological polar surface area (TPSA) is 20.3 Å². The van der Waals surface area contributed by atoms with Gasteiger partial charge in [0.25, 0.3) is 0 Å². The van der Waals surface area contributed by atoms with Gasteiger partial charge < -0.3 is 0 Å². The number of carbonyl (C=O) groups is 1. The van der Waals surface area contributed by atoms with E-state index in [1.807, 2.05) is 19.1 Å². The maximum absolute atomic E-state index is 13.0. The molecule has 0 unspecified atom stereocenters. The van der Waals surface area contributed by atoms with Gasteiger partial charge in [-0.15, -0.1) is 0 Å². The van der Waals surface area contributed by atoms with Crippen molar-refractivity contribution in [1.29, 1.82) is 0 Å². The van der Waals surface area contributed by atoms with E-state index < -0.39 is 5.54 Å². The molecule has 110 valence electrons. The van der Waals surface area contributed by atoms with E-state index in [-0.39, 0.29) is 5.78 Å². The number of rotatable bonds is 3. The molecule has 0 radical (unpaired) electrons. The van der Waals surface area contributed by atoms with Crippen molar-refractivity contribution in [1.82, 2.24) is 4.90 Å². The fraction of sp³-hybridized carbons (Fsp3) is 0.611. The van der Waals surface area contributed by atoms with Crippen molar-refractivity contribution in [3.8, 4) is 0 Å². The van der Waals surface area contributed by atoms with Gasteiger partial charge in [0.2, 0.25) is 0 Å². The van der Waals surface area contributed by atoms with Crippen molar-refractivity contribution in [2.75, 3.05) is 13.1 Å². The molecule has 0 aromatic heterocycles. The Hall–Kier alpha value is -1.15. The second-order valence-corrected chi connectivity index (χ2v) is 6.61. The second kappa shape index (κ2) is 6.09. The molecule has 1 aromatic rings. The minimum atomic E-state index is -0.398. The molecule has 1 saturated heterocycles. The second-order valence-electron chi connectivity index (χ2n) is 6.61. The van der Waals surface area contributed by atoms with Crippen LogP contribution in [0.3, 0.4) is 0 Å². The number of hydrogen-bond acceptors (Lipinski definition) is 2. The number of Topliss-reactive ketones (excluding diaryl/α,β-unsaturated/α-hetero) is 1. The van der Waals surface area contributed by atoms with Gasteiger partial charge >= 0.3 is 0 Å². The molecule has 20 heavy (non-hydrogen) atoms. The van der Waals surface area contributed by atoms with Gasteiger partial charge in [0.15, 0.2) is 5.78 Å². The molecule has 1 aliphatic heterocycles. The predicted octanol–water partition coefficient (Wildman–Crippen LogP) is 4.14. The Balaban J connectivity index is 2.25. The van der Waals surface area contributed by atoms with Crippen LogP contribution in [0.4, 0.5) is 0 Å². The molecule has 0 atom stereocenters. The van der Waals surface area contributed by atoms with Gasteiger partial charge in [0.1, 0.15) is 0 Å². The van der Waals surface area contributed by atoms with Crippen LogP contribution in [-0.4, -0.2) is 29.3 Å². The highest BCUT2D eigenvalue weighted by Gasteiger charge is 2.35. The molecule has 0 aliphatic carbocycles. The molecule has 1 fully saturated rings. The Labute approximate surface area is 123 Å². The Kier molecular flexibility index (Phi) is 4.64. The minimum absolute atomic E-state index is 0.261. The number of nitrogens with zero attached hydrogens (tertiary/aromatic N) is 1. The van der Waals surface area contributed by atoms with Crippen LogP contribution in [0.15, 0.2) is 18.2 Å². The quantitative estimate of drug-likeness (QED) is 0.771. The van der Waals surface area contributed by atoms with Crippen molar-refractivity contribution < 1.29 is 4.79 Å². The lowest BCUT2D eigenvalue weighted by atomic mass is 9.88. The van der Waals surface area contributed by atoms with Crippen LogP contribution in [0.5, 0.6) is 0 Å². The SMILES string of the molecule is Cc1ccc(C(=O)C(C)(C)N2CCCCCC2)c(C)c1. The zero-order valence-electron chi connectivity index (χ0n) is 13.3.